The minimum atomic E-state index is 0.122. The summed E-state index contributed by atoms with van der Waals surface area (Å²) in [4.78, 5) is 12.0. The Balaban J connectivity index is 1.92. The maximum absolute atomic E-state index is 12.0. The van der Waals surface area contributed by atoms with E-state index in [1.807, 2.05) is 0 Å². The van der Waals surface area contributed by atoms with Crippen LogP contribution in [0.3, 0.4) is 0 Å². The Morgan fingerprint density at radius 2 is 2.25 bits per heavy atom. The highest BCUT2D eigenvalue weighted by atomic mass is 35.5. The van der Waals surface area contributed by atoms with Crippen LogP contribution < -0.4 is 0 Å². The van der Waals surface area contributed by atoms with Crippen molar-refractivity contribution in [3.8, 4) is 0 Å². The quantitative estimate of drug-likeness (QED) is 0.758. The van der Waals surface area contributed by atoms with E-state index >= 15 is 0 Å². The zero-order chi connectivity index (χ0) is 11.5. The monoisotopic (exact) mass is 240 g/mol. The van der Waals surface area contributed by atoms with Crippen molar-refractivity contribution in [3.63, 3.8) is 0 Å². The van der Waals surface area contributed by atoms with Crippen molar-refractivity contribution >= 4 is 17.4 Å². The van der Waals surface area contributed by atoms with Gasteiger partial charge in [-0.15, -0.1) is 0 Å². The molecule has 0 aromatic carbocycles. The third-order valence-corrected chi connectivity index (χ3v) is 3.69. The number of aromatic nitrogens is 2. The van der Waals surface area contributed by atoms with Gasteiger partial charge in [-0.05, 0) is 12.3 Å². The Bertz CT molecular complexity index is 361. The van der Waals surface area contributed by atoms with E-state index in [0.29, 0.717) is 17.1 Å². The van der Waals surface area contributed by atoms with Crippen molar-refractivity contribution in [1.29, 1.82) is 0 Å². The van der Waals surface area contributed by atoms with Gasteiger partial charge in [0.25, 0.3) is 0 Å². The second-order valence-electron chi connectivity index (χ2n) is 4.58. The lowest BCUT2D eigenvalue weighted by molar-refractivity contribution is 0.0965. The third kappa shape index (κ3) is 2.46. The molecule has 1 aromatic heterocycles. The normalized spacial score (nSPS) is 16.9. The van der Waals surface area contributed by atoms with E-state index in [2.05, 4.69) is 5.10 Å². The van der Waals surface area contributed by atoms with Crippen molar-refractivity contribution < 1.29 is 4.79 Å². The maximum atomic E-state index is 12.0. The van der Waals surface area contributed by atoms with Gasteiger partial charge in [0.15, 0.2) is 5.78 Å². The molecule has 16 heavy (non-hydrogen) atoms. The molecule has 3 nitrogen and oxygen atoms in total. The van der Waals surface area contributed by atoms with Crippen LogP contribution in [-0.2, 0) is 7.05 Å². The minimum Gasteiger partial charge on any atom is -0.292 e. The number of carbonyl (C=O) groups excluding carboxylic acids is 1. The summed E-state index contributed by atoms with van der Waals surface area (Å²) in [5.74, 6) is 0.868. The molecule has 1 aliphatic rings. The minimum absolute atomic E-state index is 0.122. The fraction of sp³-hybridized carbons (Fsp3) is 0.667. The van der Waals surface area contributed by atoms with Crippen LogP contribution in [0.4, 0.5) is 0 Å². The molecule has 0 atom stereocenters. The average Bonchev–Trinajstić information content (AvgIpc) is 2.86. The van der Waals surface area contributed by atoms with Gasteiger partial charge in [0, 0.05) is 13.5 Å². The molecular weight excluding hydrogens is 224 g/mol. The number of rotatable bonds is 4. The molecule has 88 valence electrons. The Morgan fingerprint density at radius 3 is 2.81 bits per heavy atom. The molecule has 1 fully saturated rings. The maximum Gasteiger partial charge on any atom is 0.182 e. The van der Waals surface area contributed by atoms with Gasteiger partial charge in [0.2, 0.25) is 0 Å². The molecule has 0 unspecified atom stereocenters. The summed E-state index contributed by atoms with van der Waals surface area (Å²) in [5, 5.41) is 4.45. The number of nitrogens with zero attached hydrogens (tertiary/aromatic N) is 2. The van der Waals surface area contributed by atoms with Crippen LogP contribution in [0, 0.1) is 5.92 Å². The topological polar surface area (TPSA) is 34.9 Å². The van der Waals surface area contributed by atoms with Crippen LogP contribution in [-0.4, -0.2) is 15.6 Å². The van der Waals surface area contributed by atoms with E-state index in [1.54, 1.807) is 11.7 Å². The van der Waals surface area contributed by atoms with Crippen LogP contribution >= 0.6 is 11.6 Å². The first-order valence-electron chi connectivity index (χ1n) is 5.89. The van der Waals surface area contributed by atoms with Crippen LogP contribution in [0.2, 0.25) is 5.02 Å². The first-order valence-corrected chi connectivity index (χ1v) is 6.27. The first-order chi connectivity index (χ1) is 7.68. The summed E-state index contributed by atoms with van der Waals surface area (Å²) < 4.78 is 1.57. The number of ketones is 1. The molecule has 1 heterocycles. The van der Waals surface area contributed by atoms with Gasteiger partial charge >= 0.3 is 0 Å². The highest BCUT2D eigenvalue weighted by molar-refractivity contribution is 6.33. The van der Waals surface area contributed by atoms with Gasteiger partial charge in [-0.3, -0.25) is 9.48 Å². The van der Waals surface area contributed by atoms with Crippen molar-refractivity contribution in [2.24, 2.45) is 13.0 Å². The van der Waals surface area contributed by atoms with Crippen molar-refractivity contribution in [1.82, 2.24) is 9.78 Å². The molecule has 1 aliphatic carbocycles. The zero-order valence-corrected chi connectivity index (χ0v) is 10.3. The Morgan fingerprint density at radius 1 is 1.56 bits per heavy atom. The molecule has 0 spiro atoms. The third-order valence-electron chi connectivity index (χ3n) is 3.41. The van der Waals surface area contributed by atoms with Gasteiger partial charge in [-0.1, -0.05) is 37.3 Å². The Hall–Kier alpha value is -0.830. The van der Waals surface area contributed by atoms with Gasteiger partial charge < -0.3 is 0 Å². The van der Waals surface area contributed by atoms with E-state index in [1.165, 1.54) is 31.9 Å². The average molecular weight is 241 g/mol. The lowest BCUT2D eigenvalue weighted by atomic mass is 9.99. The van der Waals surface area contributed by atoms with Crippen molar-refractivity contribution in [3.05, 3.63) is 16.9 Å². The van der Waals surface area contributed by atoms with E-state index < -0.39 is 0 Å². The molecule has 0 N–H and O–H groups in total. The number of hydrogen-bond donors (Lipinski definition) is 0. The van der Waals surface area contributed by atoms with E-state index in [9.17, 15) is 4.79 Å². The SMILES string of the molecule is Cn1ncc(Cl)c1C(=O)CCC1CCCC1. The van der Waals surface area contributed by atoms with E-state index in [4.69, 9.17) is 11.6 Å². The molecule has 1 aromatic rings. The lowest BCUT2D eigenvalue weighted by Gasteiger charge is -2.07. The van der Waals surface area contributed by atoms with Crippen molar-refractivity contribution in [2.45, 2.75) is 38.5 Å². The summed E-state index contributed by atoms with van der Waals surface area (Å²) in [6.45, 7) is 0. The largest absolute Gasteiger partial charge is 0.292 e. The number of aryl methyl sites for hydroxylation is 1. The van der Waals surface area contributed by atoms with Gasteiger partial charge in [-0.25, -0.2) is 0 Å². The molecule has 4 heteroatoms. The molecule has 0 amide bonds. The lowest BCUT2D eigenvalue weighted by Crippen LogP contribution is -2.09. The Kier molecular flexibility index (Phi) is 3.64. The van der Waals surface area contributed by atoms with E-state index in [0.717, 1.165) is 12.3 Å². The summed E-state index contributed by atoms with van der Waals surface area (Å²) >= 11 is 5.93. The fourth-order valence-corrected chi connectivity index (χ4v) is 2.75. The molecule has 0 radical (unpaired) electrons. The second-order valence-corrected chi connectivity index (χ2v) is 4.98. The molecule has 0 bridgehead atoms. The van der Waals surface area contributed by atoms with Crippen LogP contribution in [0.15, 0.2) is 6.20 Å². The van der Waals surface area contributed by atoms with Gasteiger partial charge in [0.05, 0.1) is 11.2 Å². The predicted octanol–water partition coefficient (Wildman–Crippen LogP) is 3.23. The molecular formula is C12H17ClN2O. The summed E-state index contributed by atoms with van der Waals surface area (Å²) in [5.41, 5.74) is 0.555. The number of Topliss-reactive ketones (excluding diaryl/α,β-unsaturated/α-hetero) is 1. The second kappa shape index (κ2) is 5.00. The predicted molar refractivity (Wildman–Crippen MR) is 63.7 cm³/mol. The van der Waals surface area contributed by atoms with Crippen LogP contribution in [0.25, 0.3) is 0 Å². The standard InChI is InChI=1S/C12H17ClN2O/c1-15-12(10(13)8-14-15)11(16)7-6-9-4-2-3-5-9/h8-9H,2-7H2,1H3. The first kappa shape index (κ1) is 11.6. The molecule has 0 aliphatic heterocycles. The van der Waals surface area contributed by atoms with Gasteiger partial charge in [-0.2, -0.15) is 5.10 Å². The van der Waals surface area contributed by atoms with Gasteiger partial charge in [0.1, 0.15) is 5.69 Å². The summed E-state index contributed by atoms with van der Waals surface area (Å²) in [6, 6.07) is 0. The smallest absolute Gasteiger partial charge is 0.182 e. The highest BCUT2D eigenvalue weighted by Gasteiger charge is 2.19. The van der Waals surface area contributed by atoms with E-state index in [-0.39, 0.29) is 5.78 Å². The Labute approximate surface area is 101 Å². The number of hydrogen-bond acceptors (Lipinski definition) is 2. The van der Waals surface area contributed by atoms with Crippen LogP contribution in [0.1, 0.15) is 49.0 Å². The van der Waals surface area contributed by atoms with Crippen molar-refractivity contribution in [2.75, 3.05) is 0 Å². The molecule has 1 saturated carbocycles. The highest BCUT2D eigenvalue weighted by Crippen LogP contribution is 2.29. The number of carbonyl (C=O) groups is 1. The fourth-order valence-electron chi connectivity index (χ4n) is 2.48. The summed E-state index contributed by atoms with van der Waals surface area (Å²) in [7, 11) is 1.76. The molecule has 0 saturated heterocycles. The molecule has 2 rings (SSSR count). The van der Waals surface area contributed by atoms with Crippen LogP contribution in [0.5, 0.6) is 0 Å². The summed E-state index contributed by atoms with van der Waals surface area (Å²) in [6.07, 6.45) is 8.35. The zero-order valence-electron chi connectivity index (χ0n) is 9.58. The number of halogens is 1.